The summed E-state index contributed by atoms with van der Waals surface area (Å²) in [6.07, 6.45) is 1.54. The van der Waals surface area contributed by atoms with Crippen LogP contribution in [0.15, 0.2) is 30.5 Å². The fourth-order valence-electron chi connectivity index (χ4n) is 2.71. The van der Waals surface area contributed by atoms with Crippen LogP contribution in [-0.2, 0) is 16.6 Å². The Balaban J connectivity index is 1.55. The molecular weight excluding hydrogens is 352 g/mol. The van der Waals surface area contributed by atoms with Crippen molar-refractivity contribution in [2.24, 2.45) is 7.05 Å². The van der Waals surface area contributed by atoms with Crippen LogP contribution in [0.5, 0.6) is 11.5 Å². The van der Waals surface area contributed by atoms with Crippen molar-refractivity contribution in [3.63, 3.8) is 0 Å². The van der Waals surface area contributed by atoms with Crippen molar-refractivity contribution in [1.82, 2.24) is 9.88 Å². The van der Waals surface area contributed by atoms with E-state index < -0.39 is 18.5 Å². The molecule has 1 N–H and O–H groups in total. The number of carbonyl (C=O) groups excluding carboxylic acids is 3. The number of carbonyl (C=O) groups is 3. The molecule has 1 aromatic heterocycles. The topological polar surface area (TPSA) is 95.9 Å². The van der Waals surface area contributed by atoms with E-state index in [-0.39, 0.29) is 24.3 Å². The summed E-state index contributed by atoms with van der Waals surface area (Å²) in [5.74, 6) is 0.0362. The average molecular weight is 372 g/mol. The number of ketones is 1. The highest BCUT2D eigenvalue weighted by atomic mass is 16.7. The molecule has 1 amide bonds. The minimum Gasteiger partial charge on any atom is -0.454 e. The average Bonchev–Trinajstić information content (AvgIpc) is 3.25. The molecule has 1 aromatic carbocycles. The van der Waals surface area contributed by atoms with Crippen LogP contribution in [0, 0.1) is 0 Å². The lowest BCUT2D eigenvalue weighted by Gasteiger charge is -2.15. The van der Waals surface area contributed by atoms with Crippen molar-refractivity contribution < 1.29 is 28.6 Å². The first kappa shape index (κ1) is 18.5. The summed E-state index contributed by atoms with van der Waals surface area (Å²) in [5.41, 5.74) is 1.45. The molecule has 142 valence electrons. The second-order valence-corrected chi connectivity index (χ2v) is 6.26. The molecule has 1 aliphatic rings. The Morgan fingerprint density at radius 2 is 1.96 bits per heavy atom. The highest BCUT2D eigenvalue weighted by Gasteiger charge is 2.19. The lowest BCUT2D eigenvalue weighted by atomic mass is 10.1. The number of aromatic nitrogens is 1. The van der Waals surface area contributed by atoms with Crippen LogP contribution in [0.3, 0.4) is 0 Å². The highest BCUT2D eigenvalue weighted by molar-refractivity contribution is 5.98. The molecule has 3 rings (SSSR count). The van der Waals surface area contributed by atoms with Gasteiger partial charge in [0.05, 0.1) is 6.04 Å². The van der Waals surface area contributed by atoms with Crippen LogP contribution in [0.2, 0.25) is 0 Å². The van der Waals surface area contributed by atoms with Gasteiger partial charge < -0.3 is 24.1 Å². The summed E-state index contributed by atoms with van der Waals surface area (Å²) in [5, 5.41) is 2.76. The molecule has 2 heterocycles. The SMILES string of the molecule is CC(=O)c1cc(C(=O)OCC(=O)N[C@H](C)c2ccc3c(c2)OCO3)n(C)c1. The molecule has 1 aliphatic heterocycles. The van der Waals surface area contributed by atoms with E-state index in [1.807, 2.05) is 13.0 Å². The number of amides is 1. The minimum atomic E-state index is -0.670. The molecule has 0 radical (unpaired) electrons. The number of hydrogen-bond acceptors (Lipinski definition) is 6. The quantitative estimate of drug-likeness (QED) is 0.615. The molecule has 0 aliphatic carbocycles. The van der Waals surface area contributed by atoms with Gasteiger partial charge in [-0.3, -0.25) is 9.59 Å². The van der Waals surface area contributed by atoms with Gasteiger partial charge in [0, 0.05) is 18.8 Å². The fourth-order valence-corrected chi connectivity index (χ4v) is 2.71. The normalized spacial score (nSPS) is 13.1. The third-order valence-electron chi connectivity index (χ3n) is 4.23. The van der Waals surface area contributed by atoms with Crippen molar-refractivity contribution in [2.75, 3.05) is 13.4 Å². The van der Waals surface area contributed by atoms with Gasteiger partial charge in [0.2, 0.25) is 6.79 Å². The Morgan fingerprint density at radius 1 is 1.22 bits per heavy atom. The van der Waals surface area contributed by atoms with Gasteiger partial charge in [-0.2, -0.15) is 0 Å². The molecule has 8 heteroatoms. The van der Waals surface area contributed by atoms with E-state index in [4.69, 9.17) is 14.2 Å². The Kier molecular flexibility index (Phi) is 5.16. The molecule has 0 unspecified atom stereocenters. The zero-order chi connectivity index (χ0) is 19.6. The summed E-state index contributed by atoms with van der Waals surface area (Å²) in [6.45, 7) is 2.98. The predicted octanol–water partition coefficient (Wildman–Crippen LogP) is 1.99. The number of benzene rings is 1. The molecule has 8 nitrogen and oxygen atoms in total. The number of ether oxygens (including phenoxy) is 3. The third-order valence-corrected chi connectivity index (χ3v) is 4.23. The van der Waals surface area contributed by atoms with Crippen LogP contribution in [-0.4, -0.2) is 35.6 Å². The first-order valence-electron chi connectivity index (χ1n) is 8.38. The second-order valence-electron chi connectivity index (χ2n) is 6.26. The van der Waals surface area contributed by atoms with Crippen LogP contribution in [0.1, 0.15) is 46.3 Å². The first-order chi connectivity index (χ1) is 12.8. The Hall–Kier alpha value is -3.29. The van der Waals surface area contributed by atoms with E-state index in [0.29, 0.717) is 17.1 Å². The number of Topliss-reactive ketones (excluding diaryl/α,β-unsaturated/α-hetero) is 1. The van der Waals surface area contributed by atoms with Crippen molar-refractivity contribution >= 4 is 17.7 Å². The van der Waals surface area contributed by atoms with E-state index in [0.717, 1.165) is 5.56 Å². The van der Waals surface area contributed by atoms with E-state index >= 15 is 0 Å². The lowest BCUT2D eigenvalue weighted by molar-refractivity contribution is -0.124. The van der Waals surface area contributed by atoms with Gasteiger partial charge in [0.25, 0.3) is 5.91 Å². The molecule has 0 saturated carbocycles. The number of esters is 1. The number of fused-ring (bicyclic) bond motifs is 1. The summed E-state index contributed by atoms with van der Waals surface area (Å²) in [4.78, 5) is 35.6. The first-order valence-corrected chi connectivity index (χ1v) is 8.38. The van der Waals surface area contributed by atoms with Crippen molar-refractivity contribution in [3.8, 4) is 11.5 Å². The van der Waals surface area contributed by atoms with E-state index in [9.17, 15) is 14.4 Å². The number of hydrogen-bond donors (Lipinski definition) is 1. The second kappa shape index (κ2) is 7.53. The minimum absolute atomic E-state index is 0.153. The van der Waals surface area contributed by atoms with E-state index in [1.165, 1.54) is 17.6 Å². The maximum atomic E-state index is 12.1. The summed E-state index contributed by atoms with van der Waals surface area (Å²) < 4.78 is 17.1. The molecule has 0 spiro atoms. The van der Waals surface area contributed by atoms with Crippen molar-refractivity contribution in [3.05, 3.63) is 47.3 Å². The molecule has 1 atom stereocenters. The van der Waals surface area contributed by atoms with Gasteiger partial charge in [-0.05, 0) is 37.6 Å². The van der Waals surface area contributed by atoms with Crippen molar-refractivity contribution in [1.29, 1.82) is 0 Å². The maximum Gasteiger partial charge on any atom is 0.355 e. The van der Waals surface area contributed by atoms with E-state index in [1.54, 1.807) is 25.4 Å². The van der Waals surface area contributed by atoms with Gasteiger partial charge in [-0.25, -0.2) is 4.79 Å². The smallest absolute Gasteiger partial charge is 0.355 e. The molecule has 27 heavy (non-hydrogen) atoms. The molecular formula is C19H20N2O6. The van der Waals surface area contributed by atoms with Crippen molar-refractivity contribution in [2.45, 2.75) is 19.9 Å². The fraction of sp³-hybridized carbons (Fsp3) is 0.316. The Bertz CT molecular complexity index is 902. The summed E-state index contributed by atoms with van der Waals surface area (Å²) in [7, 11) is 1.63. The summed E-state index contributed by atoms with van der Waals surface area (Å²) >= 11 is 0. The number of nitrogens with one attached hydrogen (secondary N) is 1. The number of nitrogens with zero attached hydrogens (tertiary/aromatic N) is 1. The van der Waals surface area contributed by atoms with Gasteiger partial charge in [0.15, 0.2) is 23.9 Å². The number of aryl methyl sites for hydroxylation is 1. The van der Waals surface area contributed by atoms with E-state index in [2.05, 4.69) is 5.32 Å². The molecule has 0 fully saturated rings. The Morgan fingerprint density at radius 3 is 2.67 bits per heavy atom. The van der Waals surface area contributed by atoms with Crippen LogP contribution < -0.4 is 14.8 Å². The van der Waals surface area contributed by atoms with Crippen LogP contribution in [0.25, 0.3) is 0 Å². The van der Waals surface area contributed by atoms with Gasteiger partial charge in [-0.1, -0.05) is 6.07 Å². The monoisotopic (exact) mass is 372 g/mol. The van der Waals surface area contributed by atoms with Crippen LogP contribution >= 0.6 is 0 Å². The zero-order valence-corrected chi connectivity index (χ0v) is 15.3. The molecule has 0 bridgehead atoms. The van der Waals surface area contributed by atoms with Crippen LogP contribution in [0.4, 0.5) is 0 Å². The van der Waals surface area contributed by atoms with Gasteiger partial charge >= 0.3 is 5.97 Å². The van der Waals surface area contributed by atoms with Gasteiger partial charge in [0.1, 0.15) is 5.69 Å². The number of rotatable bonds is 6. The molecule has 0 saturated heterocycles. The largest absolute Gasteiger partial charge is 0.454 e. The van der Waals surface area contributed by atoms with Gasteiger partial charge in [-0.15, -0.1) is 0 Å². The standard InChI is InChI=1S/C19H20N2O6/c1-11(13-4-5-16-17(7-13)27-10-26-16)20-18(23)9-25-19(24)15-6-14(12(2)22)8-21(15)3/h4-8,11H,9-10H2,1-3H3,(H,20,23)/t11-/m1/s1. The highest BCUT2D eigenvalue weighted by Crippen LogP contribution is 2.34. The third kappa shape index (κ3) is 4.11. The Labute approximate surface area is 156 Å². The summed E-state index contributed by atoms with van der Waals surface area (Å²) in [6, 6.07) is 6.55. The zero-order valence-electron chi connectivity index (χ0n) is 15.3. The lowest BCUT2D eigenvalue weighted by Crippen LogP contribution is -2.31. The predicted molar refractivity (Wildman–Crippen MR) is 94.8 cm³/mol. The maximum absolute atomic E-state index is 12.1. The molecule has 2 aromatic rings.